The van der Waals surface area contributed by atoms with Crippen LogP contribution in [0.2, 0.25) is 0 Å². The lowest BCUT2D eigenvalue weighted by Crippen LogP contribution is -2.24. The Morgan fingerprint density at radius 3 is 2.69 bits per heavy atom. The Morgan fingerprint density at radius 1 is 1.44 bits per heavy atom. The highest BCUT2D eigenvalue weighted by Gasteiger charge is 2.20. The molecule has 1 aromatic rings. The number of hydrogen-bond acceptors (Lipinski definition) is 3. The summed E-state index contributed by atoms with van der Waals surface area (Å²) in [5, 5.41) is 0. The van der Waals surface area contributed by atoms with Crippen molar-refractivity contribution in [3.05, 3.63) is 29.8 Å². The van der Waals surface area contributed by atoms with Gasteiger partial charge >= 0.3 is 0 Å². The second-order valence-electron chi connectivity index (χ2n) is 3.79. The number of rotatable bonds is 6. The van der Waals surface area contributed by atoms with Crippen molar-refractivity contribution in [1.29, 1.82) is 0 Å². The Labute approximate surface area is 96.6 Å². The van der Waals surface area contributed by atoms with Gasteiger partial charge in [-0.05, 0) is 18.6 Å². The molecule has 1 unspecified atom stereocenters. The van der Waals surface area contributed by atoms with Gasteiger partial charge in [-0.25, -0.2) is 0 Å². The third-order valence-corrected chi connectivity index (χ3v) is 2.66. The Balaban J connectivity index is 2.93. The van der Waals surface area contributed by atoms with Crippen LogP contribution >= 0.6 is 0 Å². The summed E-state index contributed by atoms with van der Waals surface area (Å²) in [6.07, 6.45) is 1.79. The first kappa shape index (κ1) is 12.7. The molecule has 0 aromatic heterocycles. The lowest BCUT2D eigenvalue weighted by Gasteiger charge is -2.14. The van der Waals surface area contributed by atoms with Crippen molar-refractivity contribution >= 4 is 5.78 Å². The topological polar surface area (TPSA) is 52.3 Å². The molecule has 0 fully saturated rings. The van der Waals surface area contributed by atoms with E-state index >= 15 is 0 Å². The SMILES string of the molecule is CCCC(CN)C(=O)c1ccccc1OC. The van der Waals surface area contributed by atoms with E-state index in [4.69, 9.17) is 10.5 Å². The summed E-state index contributed by atoms with van der Waals surface area (Å²) >= 11 is 0. The van der Waals surface area contributed by atoms with E-state index in [0.29, 0.717) is 17.9 Å². The molecule has 0 aliphatic heterocycles. The summed E-state index contributed by atoms with van der Waals surface area (Å²) in [6, 6.07) is 7.29. The molecule has 0 aliphatic carbocycles. The van der Waals surface area contributed by atoms with Crippen LogP contribution in [0.25, 0.3) is 0 Å². The first-order valence-electron chi connectivity index (χ1n) is 5.61. The van der Waals surface area contributed by atoms with Crippen molar-refractivity contribution in [2.24, 2.45) is 11.7 Å². The number of para-hydroxylation sites is 1. The predicted octanol–water partition coefficient (Wildman–Crippen LogP) is 2.25. The molecule has 0 spiro atoms. The van der Waals surface area contributed by atoms with Gasteiger partial charge in [0.05, 0.1) is 12.7 Å². The maximum atomic E-state index is 12.2. The minimum absolute atomic E-state index is 0.0850. The summed E-state index contributed by atoms with van der Waals surface area (Å²) < 4.78 is 5.18. The van der Waals surface area contributed by atoms with E-state index < -0.39 is 0 Å². The number of methoxy groups -OCH3 is 1. The van der Waals surface area contributed by atoms with Gasteiger partial charge in [0.25, 0.3) is 0 Å². The monoisotopic (exact) mass is 221 g/mol. The predicted molar refractivity (Wildman–Crippen MR) is 64.8 cm³/mol. The second kappa shape index (κ2) is 6.28. The Bertz CT molecular complexity index is 350. The van der Waals surface area contributed by atoms with E-state index in [0.717, 1.165) is 12.8 Å². The summed E-state index contributed by atoms with van der Waals surface area (Å²) in [5.41, 5.74) is 6.26. The molecule has 3 nitrogen and oxygen atoms in total. The lowest BCUT2D eigenvalue weighted by molar-refractivity contribution is 0.0914. The zero-order valence-corrected chi connectivity index (χ0v) is 9.90. The molecule has 0 saturated heterocycles. The van der Waals surface area contributed by atoms with E-state index in [2.05, 4.69) is 6.92 Å². The van der Waals surface area contributed by atoms with Crippen molar-refractivity contribution in [3.8, 4) is 5.75 Å². The maximum Gasteiger partial charge on any atom is 0.170 e. The van der Waals surface area contributed by atoms with Gasteiger partial charge in [-0.1, -0.05) is 25.5 Å². The van der Waals surface area contributed by atoms with Gasteiger partial charge in [-0.3, -0.25) is 4.79 Å². The lowest BCUT2D eigenvalue weighted by atomic mass is 9.93. The second-order valence-corrected chi connectivity index (χ2v) is 3.79. The van der Waals surface area contributed by atoms with Gasteiger partial charge < -0.3 is 10.5 Å². The first-order chi connectivity index (χ1) is 7.74. The molecule has 0 bridgehead atoms. The highest BCUT2D eigenvalue weighted by Crippen LogP contribution is 2.22. The third-order valence-electron chi connectivity index (χ3n) is 2.66. The van der Waals surface area contributed by atoms with Crippen molar-refractivity contribution in [2.45, 2.75) is 19.8 Å². The molecule has 1 aromatic carbocycles. The zero-order valence-electron chi connectivity index (χ0n) is 9.90. The number of ketones is 1. The molecule has 16 heavy (non-hydrogen) atoms. The molecule has 1 atom stereocenters. The van der Waals surface area contributed by atoms with Crippen LogP contribution in [0, 0.1) is 5.92 Å². The smallest absolute Gasteiger partial charge is 0.170 e. The Kier molecular flexibility index (Phi) is 4.99. The molecular weight excluding hydrogens is 202 g/mol. The largest absolute Gasteiger partial charge is 0.496 e. The molecule has 2 N–H and O–H groups in total. The molecule has 88 valence electrons. The number of ether oxygens (including phenoxy) is 1. The maximum absolute atomic E-state index is 12.2. The van der Waals surface area contributed by atoms with Crippen molar-refractivity contribution in [3.63, 3.8) is 0 Å². The van der Waals surface area contributed by atoms with Gasteiger partial charge in [0.2, 0.25) is 0 Å². The normalized spacial score (nSPS) is 12.2. The van der Waals surface area contributed by atoms with E-state index in [1.807, 2.05) is 12.1 Å². The van der Waals surface area contributed by atoms with Crippen molar-refractivity contribution < 1.29 is 9.53 Å². The molecule has 0 heterocycles. The number of nitrogens with two attached hydrogens (primary N) is 1. The van der Waals surface area contributed by atoms with Crippen LogP contribution in [0.1, 0.15) is 30.1 Å². The molecule has 0 amide bonds. The minimum Gasteiger partial charge on any atom is -0.496 e. The summed E-state index contributed by atoms with van der Waals surface area (Å²) in [7, 11) is 1.57. The average molecular weight is 221 g/mol. The molecule has 3 heteroatoms. The van der Waals surface area contributed by atoms with Crippen LogP contribution in [0.5, 0.6) is 5.75 Å². The first-order valence-corrected chi connectivity index (χ1v) is 5.61. The average Bonchev–Trinajstić information content (AvgIpc) is 2.35. The van der Waals surface area contributed by atoms with E-state index in [9.17, 15) is 4.79 Å². The van der Waals surface area contributed by atoms with Gasteiger partial charge in [-0.2, -0.15) is 0 Å². The van der Waals surface area contributed by atoms with Crippen LogP contribution in [-0.2, 0) is 0 Å². The van der Waals surface area contributed by atoms with E-state index in [1.165, 1.54) is 0 Å². The fourth-order valence-electron chi connectivity index (χ4n) is 1.77. The Hall–Kier alpha value is -1.35. The third kappa shape index (κ3) is 2.83. The summed E-state index contributed by atoms with van der Waals surface area (Å²) in [4.78, 5) is 12.2. The quantitative estimate of drug-likeness (QED) is 0.750. The fraction of sp³-hybridized carbons (Fsp3) is 0.462. The van der Waals surface area contributed by atoms with Crippen LogP contribution < -0.4 is 10.5 Å². The van der Waals surface area contributed by atoms with Crippen LogP contribution in [0.4, 0.5) is 0 Å². The van der Waals surface area contributed by atoms with Gasteiger partial charge in [-0.15, -0.1) is 0 Å². The van der Waals surface area contributed by atoms with E-state index in [-0.39, 0.29) is 11.7 Å². The highest BCUT2D eigenvalue weighted by molar-refractivity contribution is 6.00. The molecule has 0 radical (unpaired) electrons. The number of carbonyl (C=O) groups is 1. The van der Waals surface area contributed by atoms with Crippen molar-refractivity contribution in [2.75, 3.05) is 13.7 Å². The number of hydrogen-bond donors (Lipinski definition) is 1. The fourth-order valence-corrected chi connectivity index (χ4v) is 1.77. The molecule has 0 saturated carbocycles. The molecule has 1 rings (SSSR count). The molecular formula is C13H19NO2. The van der Waals surface area contributed by atoms with Gasteiger partial charge in [0.15, 0.2) is 5.78 Å². The van der Waals surface area contributed by atoms with E-state index in [1.54, 1.807) is 19.2 Å². The van der Waals surface area contributed by atoms with Crippen LogP contribution in [-0.4, -0.2) is 19.4 Å². The minimum atomic E-state index is -0.0960. The van der Waals surface area contributed by atoms with Crippen LogP contribution in [0.3, 0.4) is 0 Å². The summed E-state index contributed by atoms with van der Waals surface area (Å²) in [5.74, 6) is 0.616. The standard InChI is InChI=1S/C13H19NO2/c1-3-6-10(9-14)13(15)11-7-4-5-8-12(11)16-2/h4-5,7-8,10H,3,6,9,14H2,1-2H3. The number of carbonyl (C=O) groups excluding carboxylic acids is 1. The number of Topliss-reactive ketones (excluding diaryl/α,β-unsaturated/α-hetero) is 1. The van der Waals surface area contributed by atoms with Gasteiger partial charge in [0.1, 0.15) is 5.75 Å². The summed E-state index contributed by atoms with van der Waals surface area (Å²) in [6.45, 7) is 2.45. The van der Waals surface area contributed by atoms with Crippen molar-refractivity contribution in [1.82, 2.24) is 0 Å². The highest BCUT2D eigenvalue weighted by atomic mass is 16.5. The Morgan fingerprint density at radius 2 is 2.12 bits per heavy atom. The van der Waals surface area contributed by atoms with Crippen LogP contribution in [0.15, 0.2) is 24.3 Å². The van der Waals surface area contributed by atoms with Gasteiger partial charge in [0, 0.05) is 12.5 Å². The zero-order chi connectivity index (χ0) is 12.0. The number of benzene rings is 1. The molecule has 0 aliphatic rings.